The van der Waals surface area contributed by atoms with Crippen LogP contribution in [0.2, 0.25) is 5.02 Å². The monoisotopic (exact) mass is 318 g/mol. The molecule has 3 N–H and O–H groups in total. The third kappa shape index (κ3) is 3.92. The zero-order valence-corrected chi connectivity index (χ0v) is 13.6. The Morgan fingerprint density at radius 2 is 1.91 bits per heavy atom. The first-order chi connectivity index (χ1) is 10.4. The Morgan fingerprint density at radius 3 is 2.55 bits per heavy atom. The second kappa shape index (κ2) is 6.71. The summed E-state index contributed by atoms with van der Waals surface area (Å²) < 4.78 is 5.54. The molecule has 2 aromatic carbocycles. The van der Waals surface area contributed by atoms with Crippen LogP contribution < -0.4 is 15.8 Å². The average molecular weight is 319 g/mol. The highest BCUT2D eigenvalue weighted by molar-refractivity contribution is 6.32. The van der Waals surface area contributed by atoms with Crippen molar-refractivity contribution in [1.29, 1.82) is 0 Å². The molecule has 0 heterocycles. The number of benzene rings is 2. The first-order valence-corrected chi connectivity index (χ1v) is 7.30. The molecule has 0 unspecified atom stereocenters. The second-order valence-corrected chi connectivity index (χ2v) is 5.73. The van der Waals surface area contributed by atoms with Crippen molar-refractivity contribution in [2.24, 2.45) is 0 Å². The van der Waals surface area contributed by atoms with Crippen molar-refractivity contribution in [3.8, 4) is 5.75 Å². The Morgan fingerprint density at radius 1 is 1.18 bits per heavy atom. The van der Waals surface area contributed by atoms with E-state index in [2.05, 4.69) is 5.32 Å². The van der Waals surface area contributed by atoms with E-state index in [1.807, 2.05) is 32.9 Å². The van der Waals surface area contributed by atoms with Gasteiger partial charge in [-0.25, -0.2) is 0 Å². The van der Waals surface area contributed by atoms with E-state index in [9.17, 15) is 4.79 Å². The molecule has 0 saturated heterocycles. The summed E-state index contributed by atoms with van der Waals surface area (Å²) in [4.78, 5) is 12.0. The molecule has 0 aliphatic rings. The maximum atomic E-state index is 12.0. The summed E-state index contributed by atoms with van der Waals surface area (Å²) in [7, 11) is 0. The summed E-state index contributed by atoms with van der Waals surface area (Å²) in [5, 5.41) is 3.23. The maximum Gasteiger partial charge on any atom is 0.262 e. The van der Waals surface area contributed by atoms with Crippen molar-refractivity contribution in [1.82, 2.24) is 0 Å². The van der Waals surface area contributed by atoms with E-state index < -0.39 is 0 Å². The predicted octanol–water partition coefficient (Wildman–Crippen LogP) is 3.86. The number of halogens is 1. The van der Waals surface area contributed by atoms with E-state index in [0.29, 0.717) is 22.1 Å². The third-order valence-electron chi connectivity index (χ3n) is 3.20. The fourth-order valence-electron chi connectivity index (χ4n) is 2.21. The van der Waals surface area contributed by atoms with Gasteiger partial charge in [0.25, 0.3) is 5.91 Å². The number of anilines is 2. The van der Waals surface area contributed by atoms with Crippen LogP contribution in [-0.4, -0.2) is 12.5 Å². The quantitative estimate of drug-likeness (QED) is 0.841. The number of hydrogen-bond acceptors (Lipinski definition) is 3. The Kier molecular flexibility index (Phi) is 4.93. The molecule has 5 heteroatoms. The van der Waals surface area contributed by atoms with Crippen molar-refractivity contribution < 1.29 is 9.53 Å². The maximum absolute atomic E-state index is 12.0. The average Bonchev–Trinajstić information content (AvgIpc) is 2.40. The lowest BCUT2D eigenvalue weighted by Crippen LogP contribution is -2.21. The molecule has 0 atom stereocenters. The number of nitrogen functional groups attached to an aromatic ring is 1. The molecule has 0 fully saturated rings. The molecule has 0 aromatic heterocycles. The van der Waals surface area contributed by atoms with Crippen LogP contribution in [0.15, 0.2) is 30.3 Å². The molecule has 4 nitrogen and oxygen atoms in total. The first-order valence-electron chi connectivity index (χ1n) is 6.92. The van der Waals surface area contributed by atoms with E-state index in [-0.39, 0.29) is 12.5 Å². The van der Waals surface area contributed by atoms with Gasteiger partial charge in [0.2, 0.25) is 0 Å². The van der Waals surface area contributed by atoms with E-state index in [0.717, 1.165) is 16.7 Å². The van der Waals surface area contributed by atoms with Crippen LogP contribution in [0.5, 0.6) is 5.75 Å². The highest BCUT2D eigenvalue weighted by Crippen LogP contribution is 2.29. The highest BCUT2D eigenvalue weighted by Gasteiger charge is 2.10. The number of ether oxygens (including phenoxy) is 1. The summed E-state index contributed by atoms with van der Waals surface area (Å²) in [6, 6.07) is 9.22. The van der Waals surface area contributed by atoms with Crippen molar-refractivity contribution >= 4 is 28.9 Å². The van der Waals surface area contributed by atoms with Crippen LogP contribution >= 0.6 is 11.6 Å². The van der Waals surface area contributed by atoms with E-state index in [1.54, 1.807) is 18.2 Å². The zero-order chi connectivity index (χ0) is 16.3. The lowest BCUT2D eigenvalue weighted by molar-refractivity contribution is -0.118. The standard InChI is InChI=1S/C17H19ClN2O2/c1-10-4-5-15(14(19)8-10)20-16(21)9-22-17-12(3)6-11(2)7-13(17)18/h4-8H,9,19H2,1-3H3,(H,20,21). The molecule has 116 valence electrons. The number of nitrogens with one attached hydrogen (secondary N) is 1. The summed E-state index contributed by atoms with van der Waals surface area (Å²) >= 11 is 6.14. The third-order valence-corrected chi connectivity index (χ3v) is 3.48. The molecule has 0 radical (unpaired) electrons. The Balaban J connectivity index is 2.02. The van der Waals surface area contributed by atoms with Gasteiger partial charge in [-0.05, 0) is 55.7 Å². The lowest BCUT2D eigenvalue weighted by atomic mass is 10.1. The molecule has 22 heavy (non-hydrogen) atoms. The van der Waals surface area contributed by atoms with Crippen LogP contribution in [-0.2, 0) is 4.79 Å². The van der Waals surface area contributed by atoms with Crippen molar-refractivity contribution in [3.63, 3.8) is 0 Å². The first kappa shape index (κ1) is 16.2. The molecule has 2 rings (SSSR count). The van der Waals surface area contributed by atoms with Gasteiger partial charge in [0, 0.05) is 0 Å². The molecule has 0 bridgehead atoms. The Bertz CT molecular complexity index is 691. The van der Waals surface area contributed by atoms with E-state index in [4.69, 9.17) is 22.1 Å². The van der Waals surface area contributed by atoms with Gasteiger partial charge in [-0.2, -0.15) is 0 Å². The SMILES string of the molecule is Cc1ccc(NC(=O)COc2c(C)cc(C)cc2Cl)c(N)c1. The van der Waals surface area contributed by atoms with Gasteiger partial charge in [0.05, 0.1) is 16.4 Å². The Hall–Kier alpha value is -2.20. The van der Waals surface area contributed by atoms with E-state index in [1.165, 1.54) is 0 Å². The molecule has 0 aliphatic carbocycles. The van der Waals surface area contributed by atoms with Crippen LogP contribution in [0.1, 0.15) is 16.7 Å². The van der Waals surface area contributed by atoms with Gasteiger partial charge in [0.15, 0.2) is 6.61 Å². The van der Waals surface area contributed by atoms with Gasteiger partial charge in [-0.3, -0.25) is 4.79 Å². The number of carbonyl (C=O) groups is 1. The summed E-state index contributed by atoms with van der Waals surface area (Å²) in [5.41, 5.74) is 9.95. The minimum absolute atomic E-state index is 0.128. The molecule has 1 amide bonds. The number of carbonyl (C=O) groups excluding carboxylic acids is 1. The Labute approximate surface area is 135 Å². The highest BCUT2D eigenvalue weighted by atomic mass is 35.5. The zero-order valence-electron chi connectivity index (χ0n) is 12.9. The summed E-state index contributed by atoms with van der Waals surface area (Å²) in [6.45, 7) is 5.66. The molecule has 0 saturated carbocycles. The van der Waals surface area contributed by atoms with Gasteiger partial charge in [-0.1, -0.05) is 23.7 Å². The number of nitrogens with two attached hydrogens (primary N) is 1. The topological polar surface area (TPSA) is 64.3 Å². The summed E-state index contributed by atoms with van der Waals surface area (Å²) in [5.74, 6) is 0.242. The van der Waals surface area contributed by atoms with Gasteiger partial charge < -0.3 is 15.8 Å². The number of aryl methyl sites for hydroxylation is 3. The largest absolute Gasteiger partial charge is 0.482 e. The number of hydrogen-bond donors (Lipinski definition) is 2. The van der Waals surface area contributed by atoms with Crippen LogP contribution in [0.4, 0.5) is 11.4 Å². The van der Waals surface area contributed by atoms with Crippen LogP contribution in [0.3, 0.4) is 0 Å². The molecule has 0 spiro atoms. The van der Waals surface area contributed by atoms with Crippen LogP contribution in [0.25, 0.3) is 0 Å². The minimum atomic E-state index is -0.286. The normalized spacial score (nSPS) is 10.4. The smallest absolute Gasteiger partial charge is 0.262 e. The molecular weight excluding hydrogens is 300 g/mol. The number of rotatable bonds is 4. The molecular formula is C17H19ClN2O2. The van der Waals surface area contributed by atoms with Gasteiger partial charge in [-0.15, -0.1) is 0 Å². The number of amides is 1. The van der Waals surface area contributed by atoms with Gasteiger partial charge >= 0.3 is 0 Å². The van der Waals surface area contributed by atoms with Crippen LogP contribution in [0, 0.1) is 20.8 Å². The lowest BCUT2D eigenvalue weighted by Gasteiger charge is -2.13. The van der Waals surface area contributed by atoms with Gasteiger partial charge in [0.1, 0.15) is 5.75 Å². The van der Waals surface area contributed by atoms with Crippen molar-refractivity contribution in [2.45, 2.75) is 20.8 Å². The fraction of sp³-hybridized carbons (Fsp3) is 0.235. The van der Waals surface area contributed by atoms with Crippen molar-refractivity contribution in [3.05, 3.63) is 52.0 Å². The second-order valence-electron chi connectivity index (χ2n) is 5.32. The van der Waals surface area contributed by atoms with E-state index >= 15 is 0 Å². The summed E-state index contributed by atoms with van der Waals surface area (Å²) in [6.07, 6.45) is 0. The molecule has 2 aromatic rings. The predicted molar refractivity (Wildman–Crippen MR) is 90.6 cm³/mol. The molecule has 0 aliphatic heterocycles. The minimum Gasteiger partial charge on any atom is -0.482 e. The van der Waals surface area contributed by atoms with Crippen molar-refractivity contribution in [2.75, 3.05) is 17.7 Å². The fourth-order valence-corrected chi connectivity index (χ4v) is 2.58.